The molecule has 1 aliphatic heterocycles. The monoisotopic (exact) mass is 286 g/mol. The van der Waals surface area contributed by atoms with E-state index in [1.54, 1.807) is 14.2 Å². The summed E-state index contributed by atoms with van der Waals surface area (Å²) < 4.78 is 16.4. The van der Waals surface area contributed by atoms with Crippen LogP contribution in [0.25, 0.3) is 0 Å². The molecule has 0 fully saturated rings. The predicted molar refractivity (Wildman–Crippen MR) is 60.7 cm³/mol. The second-order valence-corrected chi connectivity index (χ2v) is 4.24. The number of esters is 1. The highest BCUT2D eigenvalue weighted by Crippen LogP contribution is 2.40. The average Bonchev–Trinajstić information content (AvgIpc) is 2.28. The van der Waals surface area contributed by atoms with E-state index in [2.05, 4.69) is 15.9 Å². The van der Waals surface area contributed by atoms with Crippen LogP contribution in [0.2, 0.25) is 0 Å². The Bertz CT molecular complexity index is 442. The van der Waals surface area contributed by atoms with Gasteiger partial charge in [-0.05, 0) is 6.07 Å². The lowest BCUT2D eigenvalue weighted by Crippen LogP contribution is -2.18. The normalized spacial score (nSPS) is 14.1. The molecule has 86 valence electrons. The van der Waals surface area contributed by atoms with E-state index in [1.807, 2.05) is 6.07 Å². The van der Waals surface area contributed by atoms with Gasteiger partial charge in [-0.3, -0.25) is 4.79 Å². The molecule has 2 rings (SSSR count). The first-order valence-electron chi connectivity index (χ1n) is 4.75. The van der Waals surface area contributed by atoms with Gasteiger partial charge in [-0.25, -0.2) is 0 Å². The molecular formula is C11H11BrO4. The van der Waals surface area contributed by atoms with Crippen LogP contribution in [0, 0.1) is 0 Å². The number of hydrogen-bond donors (Lipinski definition) is 0. The summed E-state index contributed by atoms with van der Waals surface area (Å²) in [6, 6.07) is 1.82. The van der Waals surface area contributed by atoms with E-state index in [4.69, 9.17) is 14.2 Å². The smallest absolute Gasteiger partial charge is 0.310 e. The van der Waals surface area contributed by atoms with Crippen LogP contribution in [0.4, 0.5) is 0 Å². The second kappa shape index (κ2) is 4.33. The number of carbonyl (C=O) groups excluding carboxylic acids is 1. The molecule has 1 aromatic carbocycles. The Hall–Kier alpha value is -1.23. The van der Waals surface area contributed by atoms with E-state index in [0.29, 0.717) is 11.5 Å². The maximum atomic E-state index is 11.3. The fourth-order valence-electron chi connectivity index (χ4n) is 1.76. The number of cyclic esters (lactones) is 1. The minimum atomic E-state index is -0.244. The summed E-state index contributed by atoms with van der Waals surface area (Å²) >= 11 is 3.43. The lowest BCUT2D eigenvalue weighted by atomic mass is 10.0. The van der Waals surface area contributed by atoms with Crippen molar-refractivity contribution in [2.24, 2.45) is 0 Å². The summed E-state index contributed by atoms with van der Waals surface area (Å²) in [5.41, 5.74) is 1.78. The van der Waals surface area contributed by atoms with Gasteiger partial charge in [0.15, 0.2) is 11.5 Å². The van der Waals surface area contributed by atoms with Gasteiger partial charge in [0.2, 0.25) is 0 Å². The Morgan fingerprint density at radius 2 is 2.06 bits per heavy atom. The van der Waals surface area contributed by atoms with E-state index >= 15 is 0 Å². The van der Waals surface area contributed by atoms with Crippen molar-refractivity contribution in [3.63, 3.8) is 0 Å². The molecule has 0 bridgehead atoms. The van der Waals surface area contributed by atoms with E-state index in [0.717, 1.165) is 15.6 Å². The first kappa shape index (κ1) is 11.3. The lowest BCUT2D eigenvalue weighted by molar-refractivity contribution is -0.145. The van der Waals surface area contributed by atoms with Gasteiger partial charge >= 0.3 is 5.97 Å². The molecule has 0 radical (unpaired) electrons. The third kappa shape index (κ3) is 1.75. The van der Waals surface area contributed by atoms with Crippen molar-refractivity contribution >= 4 is 21.9 Å². The molecule has 0 amide bonds. The average molecular weight is 287 g/mol. The quantitative estimate of drug-likeness (QED) is 0.781. The minimum absolute atomic E-state index is 0.217. The number of rotatable bonds is 2. The number of ether oxygens (including phenoxy) is 3. The molecule has 0 atom stereocenters. The molecule has 1 aliphatic rings. The van der Waals surface area contributed by atoms with Crippen LogP contribution >= 0.6 is 15.9 Å². The van der Waals surface area contributed by atoms with Crippen molar-refractivity contribution in [1.29, 1.82) is 0 Å². The molecule has 0 aliphatic carbocycles. The zero-order chi connectivity index (χ0) is 11.7. The molecule has 0 saturated carbocycles. The highest BCUT2D eigenvalue weighted by molar-refractivity contribution is 9.10. The third-order valence-corrected chi connectivity index (χ3v) is 3.24. The molecule has 4 nitrogen and oxygen atoms in total. The molecular weight excluding hydrogens is 276 g/mol. The standard InChI is InChI=1S/C11H11BrO4/c1-14-9-4-8(12)7-5-16-10(13)3-6(7)11(9)15-2/h4H,3,5H2,1-2H3. The summed E-state index contributed by atoms with van der Waals surface area (Å²) in [6.07, 6.45) is 0.217. The first-order chi connectivity index (χ1) is 7.67. The molecule has 5 heteroatoms. The summed E-state index contributed by atoms with van der Waals surface area (Å²) in [4.78, 5) is 11.3. The molecule has 16 heavy (non-hydrogen) atoms. The van der Waals surface area contributed by atoms with Crippen molar-refractivity contribution in [1.82, 2.24) is 0 Å². The van der Waals surface area contributed by atoms with Crippen molar-refractivity contribution in [2.45, 2.75) is 13.0 Å². The van der Waals surface area contributed by atoms with Gasteiger partial charge in [-0.2, -0.15) is 0 Å². The lowest BCUT2D eigenvalue weighted by Gasteiger charge is -2.21. The molecule has 0 aromatic heterocycles. The summed E-state index contributed by atoms with van der Waals surface area (Å²) in [5, 5.41) is 0. The van der Waals surface area contributed by atoms with Crippen LogP contribution in [0.1, 0.15) is 11.1 Å². The number of carbonyl (C=O) groups is 1. The highest BCUT2D eigenvalue weighted by Gasteiger charge is 2.25. The van der Waals surface area contributed by atoms with Crippen LogP contribution in [-0.4, -0.2) is 20.2 Å². The van der Waals surface area contributed by atoms with Crippen LogP contribution in [-0.2, 0) is 22.6 Å². The molecule has 0 saturated heterocycles. The van der Waals surface area contributed by atoms with Gasteiger partial charge in [0.1, 0.15) is 6.61 Å². The van der Waals surface area contributed by atoms with Gasteiger partial charge < -0.3 is 14.2 Å². The Labute approximate surface area is 102 Å². The highest BCUT2D eigenvalue weighted by atomic mass is 79.9. The van der Waals surface area contributed by atoms with Gasteiger partial charge in [0.25, 0.3) is 0 Å². The summed E-state index contributed by atoms with van der Waals surface area (Å²) in [6.45, 7) is 0.273. The largest absolute Gasteiger partial charge is 0.493 e. The van der Waals surface area contributed by atoms with E-state index in [1.165, 1.54) is 0 Å². The van der Waals surface area contributed by atoms with Crippen molar-refractivity contribution in [3.05, 3.63) is 21.7 Å². The molecule has 1 heterocycles. The zero-order valence-electron chi connectivity index (χ0n) is 9.00. The third-order valence-electron chi connectivity index (χ3n) is 2.53. The first-order valence-corrected chi connectivity index (χ1v) is 5.54. The SMILES string of the molecule is COc1cc(Br)c2c(c1OC)CC(=O)OC2. The Morgan fingerprint density at radius 1 is 1.31 bits per heavy atom. The zero-order valence-corrected chi connectivity index (χ0v) is 10.6. The van der Waals surface area contributed by atoms with Crippen molar-refractivity contribution in [3.8, 4) is 11.5 Å². The fourth-order valence-corrected chi connectivity index (χ4v) is 2.33. The van der Waals surface area contributed by atoms with Gasteiger partial charge in [-0.1, -0.05) is 15.9 Å². The van der Waals surface area contributed by atoms with E-state index < -0.39 is 0 Å². The Morgan fingerprint density at radius 3 is 2.69 bits per heavy atom. The predicted octanol–water partition coefficient (Wildman–Crippen LogP) is 2.07. The number of halogens is 1. The minimum Gasteiger partial charge on any atom is -0.493 e. The molecule has 0 spiro atoms. The summed E-state index contributed by atoms with van der Waals surface area (Å²) in [7, 11) is 3.13. The number of benzene rings is 1. The molecule has 0 unspecified atom stereocenters. The molecule has 1 aromatic rings. The Kier molecular flexibility index (Phi) is 3.05. The van der Waals surface area contributed by atoms with Crippen LogP contribution in [0.15, 0.2) is 10.5 Å². The molecule has 0 N–H and O–H groups in total. The van der Waals surface area contributed by atoms with Crippen LogP contribution in [0.5, 0.6) is 11.5 Å². The number of methoxy groups -OCH3 is 2. The fraction of sp³-hybridized carbons (Fsp3) is 0.364. The van der Waals surface area contributed by atoms with Crippen molar-refractivity contribution in [2.75, 3.05) is 14.2 Å². The second-order valence-electron chi connectivity index (χ2n) is 3.39. The Balaban J connectivity index is 2.62. The number of fused-ring (bicyclic) bond motifs is 1. The summed E-state index contributed by atoms with van der Waals surface area (Å²) in [5.74, 6) is 0.978. The maximum absolute atomic E-state index is 11.3. The van der Waals surface area contributed by atoms with Crippen LogP contribution in [0.3, 0.4) is 0 Å². The van der Waals surface area contributed by atoms with E-state index in [9.17, 15) is 4.79 Å². The van der Waals surface area contributed by atoms with Crippen LogP contribution < -0.4 is 9.47 Å². The van der Waals surface area contributed by atoms with Gasteiger partial charge in [0, 0.05) is 15.6 Å². The number of hydrogen-bond acceptors (Lipinski definition) is 4. The van der Waals surface area contributed by atoms with Gasteiger partial charge in [0.05, 0.1) is 20.6 Å². The topological polar surface area (TPSA) is 44.8 Å². The van der Waals surface area contributed by atoms with Crippen molar-refractivity contribution < 1.29 is 19.0 Å². The van der Waals surface area contributed by atoms with Gasteiger partial charge in [-0.15, -0.1) is 0 Å². The van der Waals surface area contributed by atoms with E-state index in [-0.39, 0.29) is 19.0 Å². The maximum Gasteiger partial charge on any atom is 0.310 e.